The van der Waals surface area contributed by atoms with Gasteiger partial charge in [0.1, 0.15) is 0 Å². The predicted octanol–water partition coefficient (Wildman–Crippen LogP) is 0.134. The van der Waals surface area contributed by atoms with Crippen molar-refractivity contribution in [2.75, 3.05) is 25.1 Å². The zero-order chi connectivity index (χ0) is 13.0. The van der Waals surface area contributed by atoms with E-state index in [9.17, 15) is 9.59 Å². The van der Waals surface area contributed by atoms with Gasteiger partial charge in [0, 0.05) is 6.20 Å². The number of aromatic nitrogens is 1. The van der Waals surface area contributed by atoms with E-state index in [0.29, 0.717) is 13.2 Å². The van der Waals surface area contributed by atoms with Crippen LogP contribution in [0.5, 0.6) is 0 Å². The van der Waals surface area contributed by atoms with Gasteiger partial charge in [-0.2, -0.15) is 0 Å². The molecule has 1 atom stereocenters. The summed E-state index contributed by atoms with van der Waals surface area (Å²) in [4.78, 5) is 26.5. The number of nitrogens with one attached hydrogen (secondary N) is 1. The van der Waals surface area contributed by atoms with E-state index in [0.717, 1.165) is 0 Å². The first-order chi connectivity index (χ1) is 8.68. The summed E-state index contributed by atoms with van der Waals surface area (Å²) >= 11 is 0. The van der Waals surface area contributed by atoms with Crippen molar-refractivity contribution in [2.24, 2.45) is 0 Å². The van der Waals surface area contributed by atoms with Crippen molar-refractivity contribution in [3.63, 3.8) is 0 Å². The Morgan fingerprint density at radius 2 is 2.28 bits per heavy atom. The zero-order valence-electron chi connectivity index (χ0n) is 9.46. The van der Waals surface area contributed by atoms with Crippen LogP contribution in [0.3, 0.4) is 0 Å². The third-order valence-electron chi connectivity index (χ3n) is 2.42. The van der Waals surface area contributed by atoms with Crippen molar-refractivity contribution in [1.29, 1.82) is 0 Å². The topological polar surface area (TPSA) is 97.8 Å². The highest BCUT2D eigenvalue weighted by molar-refractivity contribution is 6.01. The number of ether oxygens (including phenoxy) is 2. The Morgan fingerprint density at radius 1 is 1.44 bits per heavy atom. The van der Waals surface area contributed by atoms with Crippen LogP contribution in [0.2, 0.25) is 0 Å². The van der Waals surface area contributed by atoms with E-state index >= 15 is 0 Å². The second-order valence-electron chi connectivity index (χ2n) is 3.65. The van der Waals surface area contributed by atoms with Gasteiger partial charge in [-0.05, 0) is 6.07 Å². The lowest BCUT2D eigenvalue weighted by Gasteiger charge is -2.22. The first-order valence-electron chi connectivity index (χ1n) is 5.36. The molecule has 2 N–H and O–H groups in total. The molecule has 0 bridgehead atoms. The molecule has 1 aliphatic rings. The minimum Gasteiger partial charge on any atom is -0.478 e. The van der Waals surface area contributed by atoms with Gasteiger partial charge >= 0.3 is 5.97 Å². The van der Waals surface area contributed by atoms with Crippen LogP contribution in [0.1, 0.15) is 10.4 Å². The second-order valence-corrected chi connectivity index (χ2v) is 3.65. The number of hydrogen-bond donors (Lipinski definition) is 2. The van der Waals surface area contributed by atoms with Crippen LogP contribution in [-0.4, -0.2) is 47.9 Å². The zero-order valence-corrected chi connectivity index (χ0v) is 9.46. The molecule has 1 aliphatic heterocycles. The summed E-state index contributed by atoms with van der Waals surface area (Å²) in [7, 11) is 0. The van der Waals surface area contributed by atoms with Gasteiger partial charge in [0.05, 0.1) is 37.3 Å². The summed E-state index contributed by atoms with van der Waals surface area (Å²) in [6, 6.07) is 1.32. The van der Waals surface area contributed by atoms with Gasteiger partial charge in [-0.1, -0.05) is 0 Å². The van der Waals surface area contributed by atoms with Crippen molar-refractivity contribution in [2.45, 2.75) is 6.10 Å². The fraction of sp³-hybridized carbons (Fsp3) is 0.364. The van der Waals surface area contributed by atoms with Crippen molar-refractivity contribution >= 4 is 17.6 Å². The highest BCUT2D eigenvalue weighted by Crippen LogP contribution is 2.14. The molecule has 1 fully saturated rings. The SMILES string of the molecule is O=C(O)c1ccncc1NC(=O)C1COCCO1. The molecule has 2 rings (SSSR count). The third kappa shape index (κ3) is 2.82. The number of carbonyl (C=O) groups excluding carboxylic acids is 1. The quantitative estimate of drug-likeness (QED) is 0.793. The Morgan fingerprint density at radius 3 is 2.94 bits per heavy atom. The molecule has 0 aliphatic carbocycles. The second kappa shape index (κ2) is 5.56. The van der Waals surface area contributed by atoms with E-state index in [1.807, 2.05) is 0 Å². The average molecular weight is 252 g/mol. The number of nitrogens with zero attached hydrogens (tertiary/aromatic N) is 1. The fourth-order valence-electron chi connectivity index (χ4n) is 1.53. The highest BCUT2D eigenvalue weighted by Gasteiger charge is 2.24. The maximum atomic E-state index is 11.8. The molecule has 1 aromatic heterocycles. The maximum Gasteiger partial charge on any atom is 0.337 e. The van der Waals surface area contributed by atoms with E-state index in [2.05, 4.69) is 10.3 Å². The van der Waals surface area contributed by atoms with E-state index in [4.69, 9.17) is 14.6 Å². The lowest BCUT2D eigenvalue weighted by Crippen LogP contribution is -2.39. The minimum atomic E-state index is -1.13. The van der Waals surface area contributed by atoms with E-state index in [1.54, 1.807) is 0 Å². The van der Waals surface area contributed by atoms with Gasteiger partial charge in [0.2, 0.25) is 0 Å². The van der Waals surface area contributed by atoms with E-state index < -0.39 is 18.0 Å². The first kappa shape index (κ1) is 12.5. The van der Waals surface area contributed by atoms with Gasteiger partial charge < -0.3 is 19.9 Å². The summed E-state index contributed by atoms with van der Waals surface area (Å²) in [6.07, 6.45) is 1.91. The molecule has 2 heterocycles. The van der Waals surface area contributed by atoms with Crippen LogP contribution in [-0.2, 0) is 14.3 Å². The largest absolute Gasteiger partial charge is 0.478 e. The molecule has 0 radical (unpaired) electrons. The van der Waals surface area contributed by atoms with E-state index in [1.165, 1.54) is 18.5 Å². The van der Waals surface area contributed by atoms with Crippen LogP contribution in [0, 0.1) is 0 Å². The number of aromatic carboxylic acids is 1. The molecular weight excluding hydrogens is 240 g/mol. The van der Waals surface area contributed by atoms with Crippen molar-refractivity contribution < 1.29 is 24.2 Å². The Labute approximate surface area is 103 Å². The van der Waals surface area contributed by atoms with Crippen LogP contribution in [0.15, 0.2) is 18.5 Å². The molecule has 96 valence electrons. The number of pyridine rings is 1. The Balaban J connectivity index is 2.08. The summed E-state index contributed by atoms with van der Waals surface area (Å²) in [6.45, 7) is 0.961. The van der Waals surface area contributed by atoms with Gasteiger partial charge in [-0.3, -0.25) is 9.78 Å². The van der Waals surface area contributed by atoms with Gasteiger partial charge in [0.15, 0.2) is 6.10 Å². The smallest absolute Gasteiger partial charge is 0.337 e. The first-order valence-corrected chi connectivity index (χ1v) is 5.36. The fourth-order valence-corrected chi connectivity index (χ4v) is 1.53. The van der Waals surface area contributed by atoms with Crippen LogP contribution < -0.4 is 5.32 Å². The number of hydrogen-bond acceptors (Lipinski definition) is 5. The average Bonchev–Trinajstić information content (AvgIpc) is 2.40. The lowest BCUT2D eigenvalue weighted by atomic mass is 10.2. The molecule has 0 spiro atoms. The Kier molecular flexibility index (Phi) is 3.85. The number of anilines is 1. The molecule has 1 aromatic rings. The number of amides is 1. The molecule has 1 unspecified atom stereocenters. The predicted molar refractivity (Wildman–Crippen MR) is 60.4 cm³/mol. The van der Waals surface area contributed by atoms with Crippen LogP contribution >= 0.6 is 0 Å². The highest BCUT2D eigenvalue weighted by atomic mass is 16.6. The number of carboxylic acids is 1. The van der Waals surface area contributed by atoms with Gasteiger partial charge in [-0.25, -0.2) is 4.79 Å². The van der Waals surface area contributed by atoms with Crippen LogP contribution in [0.4, 0.5) is 5.69 Å². The molecule has 0 saturated carbocycles. The molecule has 1 amide bonds. The number of rotatable bonds is 3. The lowest BCUT2D eigenvalue weighted by molar-refractivity contribution is -0.142. The number of carboxylic acid groups (broad SMARTS) is 1. The summed E-state index contributed by atoms with van der Waals surface area (Å²) < 4.78 is 10.3. The van der Waals surface area contributed by atoms with Crippen molar-refractivity contribution in [3.05, 3.63) is 24.0 Å². The third-order valence-corrected chi connectivity index (χ3v) is 2.42. The summed E-state index contributed by atoms with van der Waals surface area (Å²) in [5, 5.41) is 11.4. The normalized spacial score (nSPS) is 19.2. The Hall–Kier alpha value is -1.99. The minimum absolute atomic E-state index is 0.0184. The molecule has 7 nitrogen and oxygen atoms in total. The molecule has 18 heavy (non-hydrogen) atoms. The van der Waals surface area contributed by atoms with Gasteiger partial charge in [0.25, 0.3) is 5.91 Å². The van der Waals surface area contributed by atoms with Gasteiger partial charge in [-0.15, -0.1) is 0 Å². The van der Waals surface area contributed by atoms with Crippen molar-refractivity contribution in [3.8, 4) is 0 Å². The van der Waals surface area contributed by atoms with Crippen molar-refractivity contribution in [1.82, 2.24) is 4.98 Å². The Bertz CT molecular complexity index is 457. The monoisotopic (exact) mass is 252 g/mol. The maximum absolute atomic E-state index is 11.8. The van der Waals surface area contributed by atoms with Crippen LogP contribution in [0.25, 0.3) is 0 Å². The summed E-state index contributed by atoms with van der Waals surface area (Å²) in [5.41, 5.74) is 0.124. The molecule has 0 aromatic carbocycles. The number of carbonyl (C=O) groups is 2. The molecular formula is C11H12N2O5. The van der Waals surface area contributed by atoms with E-state index in [-0.39, 0.29) is 17.9 Å². The molecule has 7 heteroatoms. The molecule has 1 saturated heterocycles. The summed E-state index contributed by atoms with van der Waals surface area (Å²) in [5.74, 6) is -1.57. The standard InChI is InChI=1S/C11H12N2O5/c14-10(9-6-17-3-4-18-9)13-8-5-12-2-1-7(8)11(15)16/h1-2,5,9H,3-4,6H2,(H,13,14)(H,15,16).